The number of nitrogens with one attached hydrogen (secondary N) is 4. The van der Waals surface area contributed by atoms with E-state index < -0.39 is 54.5 Å². The fraction of sp³-hybridized carbons (Fsp3) is 0.250. The first-order valence-electron chi connectivity index (χ1n) is 14.0. The van der Waals surface area contributed by atoms with Gasteiger partial charge in [0.05, 0.1) is 12.6 Å². The first-order valence-corrected chi connectivity index (χ1v) is 14.0. The van der Waals surface area contributed by atoms with E-state index in [4.69, 9.17) is 5.73 Å². The summed E-state index contributed by atoms with van der Waals surface area (Å²) in [5, 5.41) is 36.9. The molecule has 0 aliphatic rings. The molecular formula is C32H35N5O7. The molecule has 0 aliphatic heterocycles. The number of carboxylic acid groups (broad SMARTS) is 1. The predicted octanol–water partition coefficient (Wildman–Crippen LogP) is 0.760. The molecule has 0 bridgehead atoms. The first-order chi connectivity index (χ1) is 21.1. The molecule has 0 radical (unpaired) electrons. The van der Waals surface area contributed by atoms with E-state index in [0.29, 0.717) is 11.1 Å². The minimum Gasteiger partial charge on any atom is -0.508 e. The second-order valence-electron chi connectivity index (χ2n) is 10.4. The van der Waals surface area contributed by atoms with E-state index in [1.165, 1.54) is 12.1 Å². The summed E-state index contributed by atoms with van der Waals surface area (Å²) in [5.74, 6) is -3.54. The maximum Gasteiger partial charge on any atom is 0.328 e. The lowest BCUT2D eigenvalue weighted by atomic mass is 10.0. The SMILES string of the molecule is NC(Cc1c[nH]c2ccccc12)C(=O)NC(Cc1ccc(O)cc1)C(=O)NC(Cc1ccccc1)C(=O)NC(CO)C(=O)O. The van der Waals surface area contributed by atoms with Gasteiger partial charge in [0.15, 0.2) is 0 Å². The Morgan fingerprint density at radius 3 is 1.86 bits per heavy atom. The van der Waals surface area contributed by atoms with E-state index in [-0.39, 0.29) is 25.0 Å². The molecule has 3 aromatic carbocycles. The normalized spacial score (nSPS) is 13.8. The van der Waals surface area contributed by atoms with Crippen LogP contribution in [0.3, 0.4) is 0 Å². The van der Waals surface area contributed by atoms with Crippen LogP contribution >= 0.6 is 0 Å². The number of carbonyl (C=O) groups is 4. The van der Waals surface area contributed by atoms with Gasteiger partial charge in [-0.2, -0.15) is 0 Å². The van der Waals surface area contributed by atoms with Crippen LogP contribution in [0.25, 0.3) is 10.9 Å². The first kappa shape index (κ1) is 31.7. The van der Waals surface area contributed by atoms with Crippen molar-refractivity contribution in [2.24, 2.45) is 5.73 Å². The van der Waals surface area contributed by atoms with E-state index in [9.17, 15) is 34.5 Å². The largest absolute Gasteiger partial charge is 0.508 e. The lowest BCUT2D eigenvalue weighted by Crippen LogP contribution is -2.58. The molecule has 9 N–H and O–H groups in total. The lowest BCUT2D eigenvalue weighted by molar-refractivity contribution is -0.143. The standard InChI is InChI=1S/C32H35N5O7/c33-24(16-21-17-34-25-9-5-4-8-23(21)25)29(40)35-26(15-20-10-12-22(39)13-11-20)30(41)36-27(14-19-6-2-1-3-7-19)31(42)37-28(18-38)32(43)44/h1-13,17,24,26-28,34,38-39H,14-16,18,33H2,(H,35,40)(H,36,41)(H,37,42)(H,43,44). The van der Waals surface area contributed by atoms with Gasteiger partial charge in [-0.1, -0.05) is 60.7 Å². The molecule has 0 spiro atoms. The zero-order valence-corrected chi connectivity index (χ0v) is 23.8. The predicted molar refractivity (Wildman–Crippen MR) is 162 cm³/mol. The average molecular weight is 602 g/mol. The van der Waals surface area contributed by atoms with Crippen molar-refractivity contribution in [1.82, 2.24) is 20.9 Å². The summed E-state index contributed by atoms with van der Waals surface area (Å²) in [4.78, 5) is 54.7. The second kappa shape index (κ2) is 14.8. The number of benzene rings is 3. The van der Waals surface area contributed by atoms with Crippen molar-refractivity contribution in [2.75, 3.05) is 6.61 Å². The van der Waals surface area contributed by atoms with Gasteiger partial charge < -0.3 is 42.0 Å². The van der Waals surface area contributed by atoms with Gasteiger partial charge in [0.2, 0.25) is 17.7 Å². The van der Waals surface area contributed by atoms with Gasteiger partial charge in [-0.3, -0.25) is 14.4 Å². The zero-order valence-electron chi connectivity index (χ0n) is 23.8. The number of aliphatic hydroxyl groups is 1. The maximum atomic E-state index is 13.7. The molecule has 0 fully saturated rings. The number of carbonyl (C=O) groups excluding carboxylic acids is 3. The molecule has 0 saturated carbocycles. The molecule has 1 aromatic heterocycles. The molecule has 12 nitrogen and oxygen atoms in total. The average Bonchev–Trinajstić information content (AvgIpc) is 3.42. The topological polar surface area (TPSA) is 207 Å². The van der Waals surface area contributed by atoms with Crippen LogP contribution in [-0.2, 0) is 38.4 Å². The molecule has 1 heterocycles. The molecule has 44 heavy (non-hydrogen) atoms. The van der Waals surface area contributed by atoms with Crippen LogP contribution in [-0.4, -0.2) is 74.8 Å². The number of hydrogen-bond acceptors (Lipinski definition) is 7. The van der Waals surface area contributed by atoms with Crippen LogP contribution in [0.15, 0.2) is 85.1 Å². The van der Waals surface area contributed by atoms with E-state index in [0.717, 1.165) is 16.5 Å². The minimum absolute atomic E-state index is 0.00568. The third-order valence-electron chi connectivity index (χ3n) is 7.17. The number of rotatable bonds is 14. The summed E-state index contributed by atoms with van der Waals surface area (Å²) >= 11 is 0. The Kier molecular flexibility index (Phi) is 10.7. The Balaban J connectivity index is 1.54. The Morgan fingerprint density at radius 2 is 1.25 bits per heavy atom. The van der Waals surface area contributed by atoms with Crippen molar-refractivity contribution < 1.29 is 34.5 Å². The van der Waals surface area contributed by atoms with E-state index in [2.05, 4.69) is 20.9 Å². The Morgan fingerprint density at radius 1 is 0.705 bits per heavy atom. The summed E-state index contributed by atoms with van der Waals surface area (Å²) in [7, 11) is 0. The van der Waals surface area contributed by atoms with Gasteiger partial charge in [-0.25, -0.2) is 4.79 Å². The number of para-hydroxylation sites is 1. The number of aliphatic carboxylic acids is 1. The number of aliphatic hydroxyl groups excluding tert-OH is 1. The Labute approximate surface area is 253 Å². The fourth-order valence-electron chi connectivity index (χ4n) is 4.78. The number of fused-ring (bicyclic) bond motifs is 1. The molecule has 230 valence electrons. The highest BCUT2D eigenvalue weighted by Crippen LogP contribution is 2.19. The van der Waals surface area contributed by atoms with Crippen LogP contribution in [0.5, 0.6) is 5.75 Å². The van der Waals surface area contributed by atoms with Crippen molar-refractivity contribution in [3.63, 3.8) is 0 Å². The summed E-state index contributed by atoms with van der Waals surface area (Å²) in [5.41, 5.74) is 9.31. The molecule has 0 aliphatic carbocycles. The van der Waals surface area contributed by atoms with Crippen LogP contribution in [0.2, 0.25) is 0 Å². The number of nitrogens with two attached hydrogens (primary N) is 1. The molecule has 12 heteroatoms. The van der Waals surface area contributed by atoms with Gasteiger partial charge >= 0.3 is 5.97 Å². The summed E-state index contributed by atoms with van der Waals surface area (Å²) in [6.45, 7) is -0.846. The summed E-state index contributed by atoms with van der Waals surface area (Å²) < 4.78 is 0. The highest BCUT2D eigenvalue weighted by Gasteiger charge is 2.31. The van der Waals surface area contributed by atoms with Crippen LogP contribution in [0.1, 0.15) is 16.7 Å². The number of H-pyrrole nitrogens is 1. The van der Waals surface area contributed by atoms with Crippen molar-refractivity contribution in [3.8, 4) is 5.75 Å². The highest BCUT2D eigenvalue weighted by atomic mass is 16.4. The Bertz CT molecular complexity index is 1590. The van der Waals surface area contributed by atoms with Gasteiger partial charge in [0, 0.05) is 29.9 Å². The van der Waals surface area contributed by atoms with Gasteiger partial charge in [0.1, 0.15) is 23.9 Å². The molecule has 4 unspecified atom stereocenters. The van der Waals surface area contributed by atoms with Crippen LogP contribution in [0, 0.1) is 0 Å². The minimum atomic E-state index is -1.58. The maximum absolute atomic E-state index is 13.7. The number of phenols is 1. The smallest absolute Gasteiger partial charge is 0.328 e. The van der Waals surface area contributed by atoms with Crippen molar-refractivity contribution >= 4 is 34.6 Å². The van der Waals surface area contributed by atoms with Crippen LogP contribution < -0.4 is 21.7 Å². The molecule has 4 atom stereocenters. The molecule has 3 amide bonds. The molecule has 4 aromatic rings. The van der Waals surface area contributed by atoms with Crippen molar-refractivity contribution in [3.05, 3.63) is 102 Å². The summed E-state index contributed by atoms with van der Waals surface area (Å²) in [6.07, 6.45) is 1.99. The number of aromatic hydroxyl groups is 1. The Hall–Kier alpha value is -5.20. The van der Waals surface area contributed by atoms with Crippen molar-refractivity contribution in [1.29, 1.82) is 0 Å². The number of hydrogen-bond donors (Lipinski definition) is 8. The quantitative estimate of drug-likeness (QED) is 0.103. The molecule has 0 saturated heterocycles. The van der Waals surface area contributed by atoms with E-state index in [1.54, 1.807) is 48.7 Å². The highest BCUT2D eigenvalue weighted by molar-refractivity contribution is 5.94. The van der Waals surface area contributed by atoms with Gasteiger partial charge in [-0.15, -0.1) is 0 Å². The monoisotopic (exact) mass is 601 g/mol. The molecule has 4 rings (SSSR count). The number of carboxylic acids is 1. The number of aromatic amines is 1. The second-order valence-corrected chi connectivity index (χ2v) is 10.4. The van der Waals surface area contributed by atoms with Crippen molar-refractivity contribution in [2.45, 2.75) is 43.4 Å². The van der Waals surface area contributed by atoms with Gasteiger partial charge in [0.25, 0.3) is 0 Å². The fourth-order valence-corrected chi connectivity index (χ4v) is 4.78. The third kappa shape index (κ3) is 8.43. The van der Waals surface area contributed by atoms with Crippen LogP contribution in [0.4, 0.5) is 0 Å². The zero-order chi connectivity index (χ0) is 31.6. The number of phenolic OH excluding ortho intramolecular Hbond substituents is 1. The number of amides is 3. The van der Waals surface area contributed by atoms with E-state index >= 15 is 0 Å². The molecular weight excluding hydrogens is 566 g/mol. The third-order valence-corrected chi connectivity index (χ3v) is 7.17. The lowest BCUT2D eigenvalue weighted by Gasteiger charge is -2.25. The van der Waals surface area contributed by atoms with E-state index in [1.807, 2.05) is 24.3 Å². The van der Waals surface area contributed by atoms with Gasteiger partial charge in [-0.05, 0) is 41.3 Å². The summed E-state index contributed by atoms with van der Waals surface area (Å²) in [6, 6.07) is 17.4. The number of aromatic nitrogens is 1.